The van der Waals surface area contributed by atoms with Crippen LogP contribution in [-0.2, 0) is 6.42 Å². The molecule has 1 aromatic rings. The van der Waals surface area contributed by atoms with Crippen LogP contribution in [0.2, 0.25) is 0 Å². The van der Waals surface area contributed by atoms with Gasteiger partial charge in [0.25, 0.3) is 0 Å². The van der Waals surface area contributed by atoms with E-state index in [2.05, 4.69) is 32.0 Å². The Morgan fingerprint density at radius 2 is 1.59 bits per heavy atom. The highest BCUT2D eigenvalue weighted by Gasteiger charge is 1.97. The van der Waals surface area contributed by atoms with Crippen LogP contribution in [0.3, 0.4) is 0 Å². The highest BCUT2D eigenvalue weighted by Crippen LogP contribution is 2.13. The minimum atomic E-state index is 1.21. The molecular formula is C17H27. The molecule has 0 saturated carbocycles. The maximum atomic E-state index is 3.36. The highest BCUT2D eigenvalue weighted by atomic mass is 14.0. The largest absolute Gasteiger partial charge is 0.0654 e. The lowest BCUT2D eigenvalue weighted by molar-refractivity contribution is 0.575. The summed E-state index contributed by atoms with van der Waals surface area (Å²) in [6, 6.07) is 9.66. The van der Waals surface area contributed by atoms with Crippen molar-refractivity contribution in [2.75, 3.05) is 0 Å². The quantitative estimate of drug-likeness (QED) is 0.494. The first-order chi connectivity index (χ1) is 8.34. The van der Waals surface area contributed by atoms with Crippen molar-refractivity contribution in [3.05, 3.63) is 35.4 Å². The number of hydrogen-bond acceptors (Lipinski definition) is 0. The predicted molar refractivity (Wildman–Crippen MR) is 76.3 cm³/mol. The van der Waals surface area contributed by atoms with Crippen LogP contribution in [0.1, 0.15) is 69.4 Å². The lowest BCUT2D eigenvalue weighted by Gasteiger charge is -2.05. The summed E-state index contributed by atoms with van der Waals surface area (Å²) >= 11 is 0. The summed E-state index contributed by atoms with van der Waals surface area (Å²) in [5, 5.41) is 0. The van der Waals surface area contributed by atoms with E-state index in [1.807, 2.05) is 6.07 Å². The molecule has 0 unspecified atom stereocenters. The van der Waals surface area contributed by atoms with Crippen molar-refractivity contribution in [2.24, 2.45) is 0 Å². The third kappa shape index (κ3) is 6.51. The molecule has 0 atom stereocenters. The summed E-state index contributed by atoms with van der Waals surface area (Å²) in [7, 11) is 0. The summed E-state index contributed by atoms with van der Waals surface area (Å²) in [6.07, 6.45) is 12.4. The number of hydrogen-bond donors (Lipinski definition) is 0. The first-order valence-electron chi connectivity index (χ1n) is 7.30. The van der Waals surface area contributed by atoms with E-state index in [1.165, 1.54) is 68.9 Å². The van der Waals surface area contributed by atoms with E-state index in [1.54, 1.807) is 0 Å². The fraction of sp³-hybridized carbons (Fsp3) is 0.647. The Morgan fingerprint density at radius 1 is 0.941 bits per heavy atom. The van der Waals surface area contributed by atoms with E-state index in [9.17, 15) is 0 Å². The summed E-state index contributed by atoms with van der Waals surface area (Å²) in [6.45, 7) is 4.47. The molecule has 0 heteroatoms. The third-order valence-corrected chi connectivity index (χ3v) is 3.46. The van der Waals surface area contributed by atoms with Crippen molar-refractivity contribution in [2.45, 2.75) is 71.6 Å². The van der Waals surface area contributed by atoms with Gasteiger partial charge in [-0.05, 0) is 37.0 Å². The SMILES string of the molecule is CCCCCCCCCCc1[c]cccc1C. The second kappa shape index (κ2) is 9.27. The molecule has 1 aromatic carbocycles. The molecule has 0 aromatic heterocycles. The summed E-state index contributed by atoms with van der Waals surface area (Å²) in [5.74, 6) is 0. The second-order valence-electron chi connectivity index (χ2n) is 5.06. The van der Waals surface area contributed by atoms with Gasteiger partial charge in [-0.25, -0.2) is 0 Å². The Morgan fingerprint density at radius 3 is 2.24 bits per heavy atom. The van der Waals surface area contributed by atoms with Gasteiger partial charge in [0.1, 0.15) is 0 Å². The molecule has 0 aliphatic rings. The van der Waals surface area contributed by atoms with Gasteiger partial charge < -0.3 is 0 Å². The van der Waals surface area contributed by atoms with Crippen LogP contribution in [0.4, 0.5) is 0 Å². The fourth-order valence-corrected chi connectivity index (χ4v) is 2.26. The van der Waals surface area contributed by atoms with E-state index in [4.69, 9.17) is 0 Å². The molecule has 0 N–H and O–H groups in total. The van der Waals surface area contributed by atoms with Gasteiger partial charge >= 0.3 is 0 Å². The minimum Gasteiger partial charge on any atom is -0.0654 e. The lowest BCUT2D eigenvalue weighted by atomic mass is 10.0. The molecule has 0 aliphatic carbocycles. The normalized spacial score (nSPS) is 10.7. The topological polar surface area (TPSA) is 0 Å². The summed E-state index contributed by atoms with van der Waals surface area (Å²) in [4.78, 5) is 0. The van der Waals surface area contributed by atoms with Crippen molar-refractivity contribution >= 4 is 0 Å². The molecule has 17 heavy (non-hydrogen) atoms. The average molecular weight is 231 g/mol. The molecule has 0 amide bonds. The molecule has 0 spiro atoms. The molecule has 0 heterocycles. The molecule has 0 aliphatic heterocycles. The van der Waals surface area contributed by atoms with Crippen LogP contribution in [0.25, 0.3) is 0 Å². The van der Waals surface area contributed by atoms with Crippen molar-refractivity contribution in [3.63, 3.8) is 0 Å². The van der Waals surface area contributed by atoms with E-state index in [0.717, 1.165) is 0 Å². The Hall–Kier alpha value is -0.780. The van der Waals surface area contributed by atoms with E-state index >= 15 is 0 Å². The van der Waals surface area contributed by atoms with Crippen LogP contribution < -0.4 is 0 Å². The van der Waals surface area contributed by atoms with Gasteiger partial charge in [-0.15, -0.1) is 0 Å². The van der Waals surface area contributed by atoms with Gasteiger partial charge in [0.15, 0.2) is 0 Å². The van der Waals surface area contributed by atoms with E-state index in [0.29, 0.717) is 0 Å². The smallest absolute Gasteiger partial charge is 0.0146 e. The van der Waals surface area contributed by atoms with Crippen molar-refractivity contribution in [1.82, 2.24) is 0 Å². The van der Waals surface area contributed by atoms with Gasteiger partial charge in [0.2, 0.25) is 0 Å². The molecular weight excluding hydrogens is 204 g/mol. The van der Waals surface area contributed by atoms with Crippen LogP contribution in [0.15, 0.2) is 18.2 Å². The zero-order valence-corrected chi connectivity index (χ0v) is 11.6. The van der Waals surface area contributed by atoms with E-state index in [-0.39, 0.29) is 0 Å². The number of unbranched alkanes of at least 4 members (excludes halogenated alkanes) is 7. The molecule has 0 nitrogen and oxygen atoms in total. The van der Waals surface area contributed by atoms with Crippen LogP contribution >= 0.6 is 0 Å². The predicted octanol–water partition coefficient (Wildman–Crippen LogP) is 5.48. The Labute approximate surface area is 107 Å². The molecule has 0 saturated heterocycles. The summed E-state index contributed by atoms with van der Waals surface area (Å²) < 4.78 is 0. The Bertz CT molecular complexity index is 288. The maximum absolute atomic E-state index is 3.36. The van der Waals surface area contributed by atoms with Crippen LogP contribution in [0, 0.1) is 13.0 Å². The highest BCUT2D eigenvalue weighted by molar-refractivity contribution is 5.24. The number of aryl methyl sites for hydroxylation is 2. The van der Waals surface area contributed by atoms with Crippen molar-refractivity contribution in [1.29, 1.82) is 0 Å². The summed E-state index contributed by atoms with van der Waals surface area (Å²) in [5.41, 5.74) is 2.81. The van der Waals surface area contributed by atoms with E-state index < -0.39 is 0 Å². The lowest BCUT2D eigenvalue weighted by Crippen LogP contribution is -1.90. The molecule has 1 rings (SSSR count). The fourth-order valence-electron chi connectivity index (χ4n) is 2.26. The van der Waals surface area contributed by atoms with Gasteiger partial charge in [-0.3, -0.25) is 0 Å². The van der Waals surface area contributed by atoms with Crippen molar-refractivity contribution < 1.29 is 0 Å². The number of benzene rings is 1. The molecule has 0 fully saturated rings. The first-order valence-corrected chi connectivity index (χ1v) is 7.30. The maximum Gasteiger partial charge on any atom is -0.0146 e. The van der Waals surface area contributed by atoms with Crippen molar-refractivity contribution in [3.8, 4) is 0 Å². The Kier molecular flexibility index (Phi) is 7.79. The second-order valence-corrected chi connectivity index (χ2v) is 5.06. The average Bonchev–Trinajstić information content (AvgIpc) is 2.35. The van der Waals surface area contributed by atoms with Crippen LogP contribution in [-0.4, -0.2) is 0 Å². The molecule has 0 bridgehead atoms. The number of rotatable bonds is 9. The molecule has 95 valence electrons. The van der Waals surface area contributed by atoms with Gasteiger partial charge in [0, 0.05) is 0 Å². The standard InChI is InChI=1S/C17H27/c1-3-4-5-6-7-8-9-10-14-17-15-12-11-13-16(17)2/h11-13H,3-10,14H2,1-2H3. The van der Waals surface area contributed by atoms with Gasteiger partial charge in [0.05, 0.1) is 0 Å². The van der Waals surface area contributed by atoms with Crippen LogP contribution in [0.5, 0.6) is 0 Å². The third-order valence-electron chi connectivity index (χ3n) is 3.46. The zero-order valence-electron chi connectivity index (χ0n) is 11.6. The minimum absolute atomic E-state index is 1.21. The van der Waals surface area contributed by atoms with Gasteiger partial charge in [-0.2, -0.15) is 0 Å². The van der Waals surface area contributed by atoms with Gasteiger partial charge in [-0.1, -0.05) is 70.1 Å². The zero-order chi connectivity index (χ0) is 12.3. The Balaban J connectivity index is 1.99. The molecule has 1 radical (unpaired) electrons. The monoisotopic (exact) mass is 231 g/mol. The first kappa shape index (κ1) is 14.3.